The zero-order valence-electron chi connectivity index (χ0n) is 10.7. The van der Waals surface area contributed by atoms with E-state index in [1.54, 1.807) is 0 Å². The van der Waals surface area contributed by atoms with E-state index in [1.807, 2.05) is 13.8 Å². The van der Waals surface area contributed by atoms with Crippen molar-refractivity contribution in [1.29, 1.82) is 0 Å². The fourth-order valence-electron chi connectivity index (χ4n) is 1.26. The third kappa shape index (κ3) is 8.72. The molecule has 1 atom stereocenters. The molecule has 0 saturated carbocycles. The lowest BCUT2D eigenvalue weighted by Gasteiger charge is -2.10. The van der Waals surface area contributed by atoms with Crippen molar-refractivity contribution in [1.82, 2.24) is 0 Å². The standard InChI is InChI=1S/C13H24O3/c1-4-7-8-9-12(14)10-11-13(15-5-2)16-6-3/h12-14H,4-9H2,1-3H3. The second kappa shape index (κ2) is 10.9. The lowest BCUT2D eigenvalue weighted by molar-refractivity contribution is -0.0971. The SMILES string of the molecule is CCCCCC(O)C#CC(OCC)OCC. The molecule has 1 N–H and O–H groups in total. The Kier molecular flexibility index (Phi) is 10.6. The van der Waals surface area contributed by atoms with Gasteiger partial charge in [0.1, 0.15) is 6.10 Å². The average Bonchev–Trinajstić information content (AvgIpc) is 2.27. The molecule has 0 bridgehead atoms. The summed E-state index contributed by atoms with van der Waals surface area (Å²) in [4.78, 5) is 0. The highest BCUT2D eigenvalue weighted by Crippen LogP contribution is 2.02. The Balaban J connectivity index is 3.90. The van der Waals surface area contributed by atoms with Crippen LogP contribution < -0.4 is 0 Å². The highest BCUT2D eigenvalue weighted by molar-refractivity contribution is 5.07. The van der Waals surface area contributed by atoms with Gasteiger partial charge in [-0.05, 0) is 32.6 Å². The molecule has 0 aromatic heterocycles. The first-order chi connectivity index (χ1) is 7.74. The van der Waals surface area contributed by atoms with Crippen molar-refractivity contribution >= 4 is 0 Å². The highest BCUT2D eigenvalue weighted by atomic mass is 16.7. The summed E-state index contributed by atoms with van der Waals surface area (Å²) in [6.07, 6.45) is 2.97. The van der Waals surface area contributed by atoms with Gasteiger partial charge in [-0.25, -0.2) is 0 Å². The summed E-state index contributed by atoms with van der Waals surface area (Å²) in [5, 5.41) is 9.58. The molecule has 0 aromatic rings. The van der Waals surface area contributed by atoms with E-state index in [2.05, 4.69) is 18.8 Å². The van der Waals surface area contributed by atoms with Gasteiger partial charge < -0.3 is 14.6 Å². The highest BCUT2D eigenvalue weighted by Gasteiger charge is 2.03. The molecule has 0 heterocycles. The van der Waals surface area contributed by atoms with Crippen molar-refractivity contribution in [2.24, 2.45) is 0 Å². The van der Waals surface area contributed by atoms with Gasteiger partial charge in [0, 0.05) is 13.2 Å². The molecular weight excluding hydrogens is 204 g/mol. The van der Waals surface area contributed by atoms with E-state index < -0.39 is 12.4 Å². The lowest BCUT2D eigenvalue weighted by Crippen LogP contribution is -2.16. The Morgan fingerprint density at radius 1 is 1.00 bits per heavy atom. The Labute approximate surface area is 99.1 Å². The van der Waals surface area contributed by atoms with Gasteiger partial charge in [-0.3, -0.25) is 0 Å². The van der Waals surface area contributed by atoms with Crippen molar-refractivity contribution in [2.75, 3.05) is 13.2 Å². The number of hydrogen-bond donors (Lipinski definition) is 1. The summed E-state index contributed by atoms with van der Waals surface area (Å²) in [7, 11) is 0. The Morgan fingerprint density at radius 3 is 2.12 bits per heavy atom. The van der Waals surface area contributed by atoms with E-state index in [0.717, 1.165) is 25.7 Å². The predicted octanol–water partition coefficient (Wildman–Crippen LogP) is 2.33. The maximum absolute atomic E-state index is 9.58. The summed E-state index contributed by atoms with van der Waals surface area (Å²) in [6, 6.07) is 0. The van der Waals surface area contributed by atoms with E-state index in [-0.39, 0.29) is 0 Å². The fourth-order valence-corrected chi connectivity index (χ4v) is 1.26. The Hall–Kier alpha value is -0.560. The van der Waals surface area contributed by atoms with Gasteiger partial charge in [0.2, 0.25) is 6.29 Å². The number of rotatable bonds is 8. The first-order valence-corrected chi connectivity index (χ1v) is 6.16. The third-order valence-corrected chi connectivity index (χ3v) is 2.08. The van der Waals surface area contributed by atoms with Gasteiger partial charge in [-0.2, -0.15) is 0 Å². The second-order valence-electron chi connectivity index (χ2n) is 3.54. The van der Waals surface area contributed by atoms with Crippen LogP contribution in [0.4, 0.5) is 0 Å². The molecule has 16 heavy (non-hydrogen) atoms. The normalized spacial score (nSPS) is 12.3. The molecular formula is C13H24O3. The lowest BCUT2D eigenvalue weighted by atomic mass is 10.1. The summed E-state index contributed by atoms with van der Waals surface area (Å²) in [6.45, 7) is 7.05. The van der Waals surface area contributed by atoms with Crippen LogP contribution in [0.25, 0.3) is 0 Å². The minimum absolute atomic E-state index is 0.504. The van der Waals surface area contributed by atoms with E-state index in [4.69, 9.17) is 9.47 Å². The van der Waals surface area contributed by atoms with Crippen LogP contribution in [-0.2, 0) is 9.47 Å². The first kappa shape index (κ1) is 15.4. The monoisotopic (exact) mass is 228 g/mol. The quantitative estimate of drug-likeness (QED) is 0.394. The molecule has 1 unspecified atom stereocenters. The molecule has 0 radical (unpaired) electrons. The molecule has 94 valence electrons. The molecule has 0 aliphatic heterocycles. The van der Waals surface area contributed by atoms with Crippen LogP contribution in [-0.4, -0.2) is 30.7 Å². The second-order valence-corrected chi connectivity index (χ2v) is 3.54. The van der Waals surface area contributed by atoms with Crippen molar-refractivity contribution in [2.45, 2.75) is 58.8 Å². The maximum Gasteiger partial charge on any atom is 0.222 e. The van der Waals surface area contributed by atoms with E-state index >= 15 is 0 Å². The van der Waals surface area contributed by atoms with Gasteiger partial charge >= 0.3 is 0 Å². The minimum atomic E-state index is -0.560. The molecule has 3 nitrogen and oxygen atoms in total. The minimum Gasteiger partial charge on any atom is -0.380 e. The molecule has 3 heteroatoms. The van der Waals surface area contributed by atoms with Gasteiger partial charge in [-0.1, -0.05) is 25.7 Å². The molecule has 0 amide bonds. The Morgan fingerprint density at radius 2 is 1.62 bits per heavy atom. The van der Waals surface area contributed by atoms with Crippen LogP contribution in [0.2, 0.25) is 0 Å². The summed E-state index contributed by atoms with van der Waals surface area (Å²) in [5.74, 6) is 5.57. The number of ether oxygens (including phenoxy) is 2. The van der Waals surface area contributed by atoms with E-state index in [9.17, 15) is 5.11 Å². The van der Waals surface area contributed by atoms with Crippen molar-refractivity contribution in [3.05, 3.63) is 0 Å². The van der Waals surface area contributed by atoms with Crippen LogP contribution >= 0.6 is 0 Å². The van der Waals surface area contributed by atoms with Crippen LogP contribution in [0.3, 0.4) is 0 Å². The zero-order chi connectivity index (χ0) is 12.2. The maximum atomic E-state index is 9.58. The molecule has 0 aromatic carbocycles. The fraction of sp³-hybridized carbons (Fsp3) is 0.846. The van der Waals surface area contributed by atoms with Gasteiger partial charge in [-0.15, -0.1) is 0 Å². The zero-order valence-corrected chi connectivity index (χ0v) is 10.7. The summed E-state index contributed by atoms with van der Waals surface area (Å²) >= 11 is 0. The number of hydrogen-bond acceptors (Lipinski definition) is 3. The molecule has 0 aliphatic carbocycles. The topological polar surface area (TPSA) is 38.7 Å². The van der Waals surface area contributed by atoms with Crippen molar-refractivity contribution in [3.63, 3.8) is 0 Å². The van der Waals surface area contributed by atoms with E-state index in [1.165, 1.54) is 0 Å². The molecule has 0 spiro atoms. The van der Waals surface area contributed by atoms with Crippen molar-refractivity contribution in [3.8, 4) is 11.8 Å². The molecule has 0 fully saturated rings. The summed E-state index contributed by atoms with van der Waals surface area (Å²) < 4.78 is 10.5. The molecule has 0 aliphatic rings. The average molecular weight is 228 g/mol. The molecule has 0 saturated heterocycles. The third-order valence-electron chi connectivity index (χ3n) is 2.08. The first-order valence-electron chi connectivity index (χ1n) is 6.16. The number of aliphatic hydroxyl groups excluding tert-OH is 1. The van der Waals surface area contributed by atoms with Crippen LogP contribution in [0.15, 0.2) is 0 Å². The summed E-state index contributed by atoms with van der Waals surface area (Å²) in [5.41, 5.74) is 0. The van der Waals surface area contributed by atoms with E-state index in [0.29, 0.717) is 13.2 Å². The van der Waals surface area contributed by atoms with Crippen LogP contribution in [0.1, 0.15) is 46.5 Å². The van der Waals surface area contributed by atoms with Crippen LogP contribution in [0.5, 0.6) is 0 Å². The largest absolute Gasteiger partial charge is 0.380 e. The van der Waals surface area contributed by atoms with Gasteiger partial charge in [0.15, 0.2) is 0 Å². The Bertz CT molecular complexity index is 199. The van der Waals surface area contributed by atoms with Gasteiger partial charge in [0.05, 0.1) is 0 Å². The van der Waals surface area contributed by atoms with Gasteiger partial charge in [0.25, 0.3) is 0 Å². The molecule has 0 rings (SSSR count). The van der Waals surface area contributed by atoms with Crippen LogP contribution in [0, 0.1) is 11.8 Å². The number of aliphatic hydroxyl groups is 1. The van der Waals surface area contributed by atoms with Crippen molar-refractivity contribution < 1.29 is 14.6 Å². The predicted molar refractivity (Wildman–Crippen MR) is 65.0 cm³/mol. The smallest absolute Gasteiger partial charge is 0.222 e. The number of unbranched alkanes of at least 4 members (excludes halogenated alkanes) is 2.